The van der Waals surface area contributed by atoms with E-state index < -0.39 is 18.0 Å². The molecule has 0 fully saturated rings. The summed E-state index contributed by atoms with van der Waals surface area (Å²) < 4.78 is 22.3. The highest BCUT2D eigenvalue weighted by Crippen LogP contribution is 2.32. The van der Waals surface area contributed by atoms with Gasteiger partial charge in [0.25, 0.3) is 0 Å². The van der Waals surface area contributed by atoms with Gasteiger partial charge in [-0.3, -0.25) is 0 Å². The van der Waals surface area contributed by atoms with Crippen molar-refractivity contribution >= 4 is 11.9 Å². The zero-order chi connectivity index (χ0) is 29.9. The molecule has 0 aliphatic rings. The molecule has 0 aliphatic heterocycles. The van der Waals surface area contributed by atoms with E-state index in [2.05, 4.69) is 0 Å². The average molecular weight is 571 g/mol. The van der Waals surface area contributed by atoms with Gasteiger partial charge in [-0.25, -0.2) is 9.59 Å². The lowest BCUT2D eigenvalue weighted by Crippen LogP contribution is -2.32. The van der Waals surface area contributed by atoms with E-state index in [9.17, 15) is 19.8 Å². The van der Waals surface area contributed by atoms with Crippen molar-refractivity contribution in [1.29, 1.82) is 0 Å². The first kappa shape index (κ1) is 30.0. The highest BCUT2D eigenvalue weighted by atomic mass is 16.5. The molecule has 0 heterocycles. The molecule has 4 aromatic rings. The summed E-state index contributed by atoms with van der Waals surface area (Å²) in [6.07, 6.45) is 0.467. The first-order chi connectivity index (χ1) is 20.4. The van der Waals surface area contributed by atoms with Crippen molar-refractivity contribution in [2.24, 2.45) is 5.92 Å². The summed E-state index contributed by atoms with van der Waals surface area (Å²) in [5.74, 6) is -0.601. The van der Waals surface area contributed by atoms with Crippen molar-refractivity contribution in [2.45, 2.75) is 25.4 Å². The van der Waals surface area contributed by atoms with Crippen LogP contribution >= 0.6 is 0 Å². The molecule has 8 nitrogen and oxygen atoms in total. The molecule has 0 saturated heterocycles. The smallest absolute Gasteiger partial charge is 0.338 e. The number of hydrogen-bond donors (Lipinski definition) is 2. The molecule has 0 spiro atoms. The van der Waals surface area contributed by atoms with Gasteiger partial charge in [0.15, 0.2) is 23.0 Å². The normalized spacial score (nSPS) is 12.1. The van der Waals surface area contributed by atoms with Crippen LogP contribution in [0.3, 0.4) is 0 Å². The maximum atomic E-state index is 13.3. The predicted molar refractivity (Wildman–Crippen MR) is 157 cm³/mol. The second kappa shape index (κ2) is 14.6. The number of phenols is 2. The second-order valence-corrected chi connectivity index (χ2v) is 9.78. The Morgan fingerprint density at radius 1 is 0.667 bits per heavy atom. The van der Waals surface area contributed by atoms with Gasteiger partial charge in [0.2, 0.25) is 0 Å². The van der Waals surface area contributed by atoms with Crippen molar-refractivity contribution in [3.63, 3.8) is 0 Å². The van der Waals surface area contributed by atoms with Crippen molar-refractivity contribution in [3.8, 4) is 23.0 Å². The van der Waals surface area contributed by atoms with Crippen LogP contribution in [0.15, 0.2) is 97.1 Å². The van der Waals surface area contributed by atoms with E-state index in [0.29, 0.717) is 41.9 Å². The monoisotopic (exact) mass is 570 g/mol. The average Bonchev–Trinajstić information content (AvgIpc) is 3.02. The molecule has 0 aromatic heterocycles. The van der Waals surface area contributed by atoms with E-state index in [1.165, 1.54) is 20.3 Å². The van der Waals surface area contributed by atoms with E-state index >= 15 is 0 Å². The molecule has 4 rings (SSSR count). The lowest BCUT2D eigenvalue weighted by atomic mass is 9.87. The number of carbonyl (C=O) groups is 2. The standard InChI is InChI=1S/C34H34O8/c1-39-31-21-23(13-15-28(31)35)19-27(17-18-41-33(37)25-9-5-3-6-10-25)30(42-34(38)26-11-7-4-8-12-26)20-24-14-16-29(36)32(22-24)40-2/h3-16,21-22,27,30,35-36H,17-20H2,1-2H3. The third-order valence-electron chi connectivity index (χ3n) is 6.95. The van der Waals surface area contributed by atoms with Crippen LogP contribution in [0, 0.1) is 5.92 Å². The molecule has 2 atom stereocenters. The largest absolute Gasteiger partial charge is 0.504 e. The Bertz CT molecular complexity index is 1470. The van der Waals surface area contributed by atoms with Crippen LogP contribution in [-0.4, -0.2) is 49.1 Å². The first-order valence-electron chi connectivity index (χ1n) is 13.6. The second-order valence-electron chi connectivity index (χ2n) is 9.78. The van der Waals surface area contributed by atoms with Crippen molar-refractivity contribution in [2.75, 3.05) is 20.8 Å². The molecule has 2 N–H and O–H groups in total. The van der Waals surface area contributed by atoms with Gasteiger partial charge in [0.05, 0.1) is 32.0 Å². The minimum atomic E-state index is -0.651. The zero-order valence-corrected chi connectivity index (χ0v) is 23.6. The Labute approximate surface area is 245 Å². The Kier molecular flexibility index (Phi) is 10.4. The predicted octanol–water partition coefficient (Wildman–Crippen LogP) is 5.99. The van der Waals surface area contributed by atoms with Gasteiger partial charge in [0, 0.05) is 12.3 Å². The van der Waals surface area contributed by atoms with Gasteiger partial charge in [0.1, 0.15) is 6.10 Å². The quantitative estimate of drug-likeness (QED) is 0.189. The molecular formula is C34H34O8. The number of methoxy groups -OCH3 is 2. The molecular weight excluding hydrogens is 536 g/mol. The van der Waals surface area contributed by atoms with E-state index in [1.807, 2.05) is 12.1 Å². The fourth-order valence-corrected chi connectivity index (χ4v) is 4.70. The van der Waals surface area contributed by atoms with Crippen LogP contribution in [0.4, 0.5) is 0 Å². The van der Waals surface area contributed by atoms with E-state index in [-0.39, 0.29) is 24.0 Å². The fraction of sp³-hybridized carbons (Fsp3) is 0.235. The minimum absolute atomic E-state index is 0.000331. The summed E-state index contributed by atoms with van der Waals surface area (Å²) in [5.41, 5.74) is 2.48. The maximum absolute atomic E-state index is 13.3. The fourth-order valence-electron chi connectivity index (χ4n) is 4.70. The summed E-state index contributed by atoms with van der Waals surface area (Å²) >= 11 is 0. The van der Waals surface area contributed by atoms with Gasteiger partial charge in [-0.15, -0.1) is 0 Å². The van der Waals surface area contributed by atoms with E-state index in [1.54, 1.807) is 78.9 Å². The Morgan fingerprint density at radius 3 is 1.69 bits per heavy atom. The highest BCUT2D eigenvalue weighted by molar-refractivity contribution is 5.89. The summed E-state index contributed by atoms with van der Waals surface area (Å²) in [6.45, 7) is 0.0892. The molecule has 0 saturated carbocycles. The number of aromatic hydroxyl groups is 2. The van der Waals surface area contributed by atoms with Crippen LogP contribution in [0.25, 0.3) is 0 Å². The summed E-state index contributed by atoms with van der Waals surface area (Å²) in [7, 11) is 2.94. The summed E-state index contributed by atoms with van der Waals surface area (Å²) in [5, 5.41) is 20.2. The van der Waals surface area contributed by atoms with Crippen LogP contribution in [0.1, 0.15) is 38.3 Å². The number of hydrogen-bond acceptors (Lipinski definition) is 8. The lowest BCUT2D eigenvalue weighted by Gasteiger charge is -2.28. The number of ether oxygens (including phenoxy) is 4. The van der Waals surface area contributed by atoms with Crippen molar-refractivity contribution in [3.05, 3.63) is 119 Å². The molecule has 2 unspecified atom stereocenters. The van der Waals surface area contributed by atoms with Crippen LogP contribution in [0.5, 0.6) is 23.0 Å². The molecule has 218 valence electrons. The number of esters is 2. The topological polar surface area (TPSA) is 112 Å². The molecule has 0 bridgehead atoms. The number of carbonyl (C=O) groups excluding carboxylic acids is 2. The Hall–Kier alpha value is -4.98. The van der Waals surface area contributed by atoms with E-state index in [4.69, 9.17) is 18.9 Å². The minimum Gasteiger partial charge on any atom is -0.504 e. The summed E-state index contributed by atoms with van der Waals surface area (Å²) in [6, 6.07) is 27.5. The third-order valence-corrected chi connectivity index (χ3v) is 6.95. The number of rotatable bonds is 13. The van der Waals surface area contributed by atoms with Crippen molar-refractivity contribution in [1.82, 2.24) is 0 Å². The van der Waals surface area contributed by atoms with Crippen LogP contribution < -0.4 is 9.47 Å². The highest BCUT2D eigenvalue weighted by Gasteiger charge is 2.28. The number of phenolic OH excluding ortho intramolecular Hbond substituents is 2. The van der Waals surface area contributed by atoms with Crippen molar-refractivity contribution < 1.29 is 38.7 Å². The number of benzene rings is 4. The van der Waals surface area contributed by atoms with Gasteiger partial charge >= 0.3 is 11.9 Å². The van der Waals surface area contributed by atoms with Gasteiger partial charge in [-0.1, -0.05) is 48.5 Å². The first-order valence-corrected chi connectivity index (χ1v) is 13.6. The van der Waals surface area contributed by atoms with Gasteiger partial charge in [-0.05, 0) is 72.5 Å². The summed E-state index contributed by atoms with van der Waals surface area (Å²) in [4.78, 5) is 25.9. The maximum Gasteiger partial charge on any atom is 0.338 e. The Morgan fingerprint density at radius 2 is 1.17 bits per heavy atom. The lowest BCUT2D eigenvalue weighted by molar-refractivity contribution is 0.00670. The molecule has 0 aliphatic carbocycles. The van der Waals surface area contributed by atoms with Crippen LogP contribution in [-0.2, 0) is 22.3 Å². The van der Waals surface area contributed by atoms with Gasteiger partial charge < -0.3 is 29.2 Å². The van der Waals surface area contributed by atoms with Crippen LogP contribution in [0.2, 0.25) is 0 Å². The molecule has 8 heteroatoms. The zero-order valence-electron chi connectivity index (χ0n) is 23.6. The Balaban J connectivity index is 1.64. The third kappa shape index (κ3) is 8.04. The molecule has 4 aromatic carbocycles. The van der Waals surface area contributed by atoms with Gasteiger partial charge in [-0.2, -0.15) is 0 Å². The molecule has 0 radical (unpaired) electrons. The molecule has 0 amide bonds. The van der Waals surface area contributed by atoms with E-state index in [0.717, 1.165) is 11.1 Å². The molecule has 42 heavy (non-hydrogen) atoms. The SMILES string of the molecule is COc1cc(CC(CCOC(=O)c2ccccc2)C(Cc2ccc(O)c(OC)c2)OC(=O)c2ccccc2)ccc1O.